The number of aliphatic imine (C=N–C) groups is 1. The monoisotopic (exact) mass is 410 g/mol. The van der Waals surface area contributed by atoms with Gasteiger partial charge in [0.2, 0.25) is 5.95 Å². The minimum atomic E-state index is 0.783. The molecule has 0 saturated carbocycles. The minimum Gasteiger partial charge on any atom is -0.469 e. The molecule has 1 saturated heterocycles. The molecule has 0 atom stereocenters. The fourth-order valence-electron chi connectivity index (χ4n) is 3.32. The maximum Gasteiger partial charge on any atom is 0.225 e. The van der Waals surface area contributed by atoms with E-state index in [0.717, 1.165) is 69.8 Å². The number of hydrogen-bond donors (Lipinski definition) is 1. The van der Waals surface area contributed by atoms with Gasteiger partial charge in [0, 0.05) is 69.4 Å². The van der Waals surface area contributed by atoms with E-state index >= 15 is 0 Å². The highest BCUT2D eigenvalue weighted by molar-refractivity contribution is 7.09. The molecule has 1 N–H and O–H groups in total. The van der Waals surface area contributed by atoms with Gasteiger partial charge in [-0.2, -0.15) is 0 Å². The van der Waals surface area contributed by atoms with Crippen LogP contribution < -0.4 is 10.2 Å². The number of thiophene rings is 1. The molecule has 0 bridgehead atoms. The van der Waals surface area contributed by atoms with E-state index in [9.17, 15) is 0 Å². The van der Waals surface area contributed by atoms with E-state index in [1.54, 1.807) is 30.0 Å². The lowest BCUT2D eigenvalue weighted by molar-refractivity contribution is 0.369. The Labute approximate surface area is 175 Å². The SMILES string of the molecule is c1cnc(N2CCN(C(=NCCc3cccs3)NCCc3ccco3)CC2)nc1. The number of nitrogens with one attached hydrogen (secondary N) is 1. The van der Waals surface area contributed by atoms with Crippen molar-refractivity contribution in [1.29, 1.82) is 0 Å². The Hall–Kier alpha value is -2.87. The van der Waals surface area contributed by atoms with Gasteiger partial charge in [0.05, 0.1) is 6.26 Å². The van der Waals surface area contributed by atoms with E-state index in [0.29, 0.717) is 0 Å². The number of anilines is 1. The van der Waals surface area contributed by atoms with Gasteiger partial charge < -0.3 is 19.5 Å². The lowest BCUT2D eigenvalue weighted by Gasteiger charge is -2.36. The van der Waals surface area contributed by atoms with Gasteiger partial charge in [0.1, 0.15) is 5.76 Å². The average molecular weight is 411 g/mol. The summed E-state index contributed by atoms with van der Waals surface area (Å²) in [6, 6.07) is 10.0. The smallest absolute Gasteiger partial charge is 0.225 e. The molecule has 0 aliphatic carbocycles. The largest absolute Gasteiger partial charge is 0.469 e. The van der Waals surface area contributed by atoms with Crippen LogP contribution in [-0.4, -0.2) is 60.1 Å². The second kappa shape index (κ2) is 10.1. The fraction of sp³-hybridized carbons (Fsp3) is 0.381. The molecule has 0 spiro atoms. The summed E-state index contributed by atoms with van der Waals surface area (Å²) in [5, 5.41) is 5.65. The molecule has 7 nitrogen and oxygen atoms in total. The molecular formula is C21H26N6OS. The molecule has 8 heteroatoms. The van der Waals surface area contributed by atoms with Crippen LogP contribution in [0, 0.1) is 0 Å². The number of rotatable bonds is 7. The Bertz CT molecular complexity index is 858. The van der Waals surface area contributed by atoms with Crippen LogP contribution in [0.1, 0.15) is 10.6 Å². The number of piperazine rings is 1. The Kier molecular flexibility index (Phi) is 6.75. The van der Waals surface area contributed by atoms with Crippen LogP contribution in [0.15, 0.2) is 63.8 Å². The van der Waals surface area contributed by atoms with Gasteiger partial charge in [-0.1, -0.05) is 6.07 Å². The van der Waals surface area contributed by atoms with Crippen molar-refractivity contribution in [3.05, 3.63) is 65.0 Å². The quantitative estimate of drug-likeness (QED) is 0.477. The first kappa shape index (κ1) is 19.4. The highest BCUT2D eigenvalue weighted by atomic mass is 32.1. The Morgan fingerprint density at radius 1 is 1.07 bits per heavy atom. The zero-order valence-corrected chi connectivity index (χ0v) is 17.2. The van der Waals surface area contributed by atoms with E-state index in [4.69, 9.17) is 9.41 Å². The highest BCUT2D eigenvalue weighted by Gasteiger charge is 2.21. The van der Waals surface area contributed by atoms with Gasteiger partial charge in [-0.25, -0.2) is 9.97 Å². The molecule has 4 rings (SSSR count). The number of furan rings is 1. The number of guanidine groups is 1. The summed E-state index contributed by atoms with van der Waals surface area (Å²) in [6.07, 6.45) is 7.12. The first-order chi connectivity index (χ1) is 14.4. The molecule has 29 heavy (non-hydrogen) atoms. The van der Waals surface area contributed by atoms with Gasteiger partial charge >= 0.3 is 0 Å². The highest BCUT2D eigenvalue weighted by Crippen LogP contribution is 2.11. The molecule has 152 valence electrons. The average Bonchev–Trinajstić information content (AvgIpc) is 3.48. The van der Waals surface area contributed by atoms with Crippen LogP contribution in [0.4, 0.5) is 5.95 Å². The number of hydrogen-bond acceptors (Lipinski definition) is 6. The van der Waals surface area contributed by atoms with E-state index in [2.05, 4.69) is 42.6 Å². The third-order valence-electron chi connectivity index (χ3n) is 4.85. The molecule has 4 heterocycles. The maximum atomic E-state index is 5.44. The fourth-order valence-corrected chi connectivity index (χ4v) is 4.02. The van der Waals surface area contributed by atoms with Crippen LogP contribution in [-0.2, 0) is 12.8 Å². The lowest BCUT2D eigenvalue weighted by atomic mass is 10.3. The van der Waals surface area contributed by atoms with Crippen LogP contribution in [0.2, 0.25) is 0 Å². The van der Waals surface area contributed by atoms with E-state index in [-0.39, 0.29) is 0 Å². The van der Waals surface area contributed by atoms with Crippen molar-refractivity contribution in [2.24, 2.45) is 4.99 Å². The van der Waals surface area contributed by atoms with Crippen molar-refractivity contribution in [2.75, 3.05) is 44.2 Å². The third-order valence-corrected chi connectivity index (χ3v) is 5.78. The van der Waals surface area contributed by atoms with Crippen molar-refractivity contribution < 1.29 is 4.42 Å². The van der Waals surface area contributed by atoms with Crippen molar-refractivity contribution in [1.82, 2.24) is 20.2 Å². The molecule has 3 aromatic rings. The van der Waals surface area contributed by atoms with Gasteiger partial charge in [-0.15, -0.1) is 11.3 Å². The standard InChI is InChI=1S/C21H26N6OS/c1-4-18(28-16-1)6-10-24-21(25-11-7-19-5-2-17-29-19)27-14-12-26(13-15-27)20-22-8-3-9-23-20/h1-5,8-9,16-17H,6-7,10-15H2,(H,24,25). The minimum absolute atomic E-state index is 0.783. The first-order valence-electron chi connectivity index (χ1n) is 9.98. The number of nitrogens with zero attached hydrogens (tertiary/aromatic N) is 5. The summed E-state index contributed by atoms with van der Waals surface area (Å²) in [5.41, 5.74) is 0. The molecule has 0 radical (unpaired) electrons. The van der Waals surface area contributed by atoms with E-state index in [1.807, 2.05) is 18.2 Å². The molecule has 3 aromatic heterocycles. The van der Waals surface area contributed by atoms with Crippen LogP contribution in [0.25, 0.3) is 0 Å². The summed E-state index contributed by atoms with van der Waals surface area (Å²) in [6.45, 7) is 5.13. The van der Waals surface area contributed by atoms with Gasteiger partial charge in [0.15, 0.2) is 5.96 Å². The summed E-state index contributed by atoms with van der Waals surface area (Å²) in [4.78, 5) is 19.6. The van der Waals surface area contributed by atoms with Gasteiger partial charge in [-0.05, 0) is 29.6 Å². The lowest BCUT2D eigenvalue weighted by Crippen LogP contribution is -2.53. The maximum absolute atomic E-state index is 5.44. The summed E-state index contributed by atoms with van der Waals surface area (Å²) in [7, 11) is 0. The molecular weight excluding hydrogens is 384 g/mol. The summed E-state index contributed by atoms with van der Waals surface area (Å²) < 4.78 is 5.44. The molecule has 0 amide bonds. The topological polar surface area (TPSA) is 69.8 Å². The van der Waals surface area contributed by atoms with Gasteiger partial charge in [-0.3, -0.25) is 4.99 Å². The zero-order valence-electron chi connectivity index (χ0n) is 16.4. The summed E-state index contributed by atoms with van der Waals surface area (Å²) >= 11 is 1.79. The van der Waals surface area contributed by atoms with Crippen LogP contribution >= 0.6 is 11.3 Å². The van der Waals surface area contributed by atoms with Crippen molar-refractivity contribution >= 4 is 23.2 Å². The molecule has 1 aliphatic rings. The van der Waals surface area contributed by atoms with E-state index in [1.165, 1.54) is 4.88 Å². The Morgan fingerprint density at radius 2 is 1.93 bits per heavy atom. The van der Waals surface area contributed by atoms with Crippen LogP contribution in [0.5, 0.6) is 0 Å². The van der Waals surface area contributed by atoms with Crippen molar-refractivity contribution in [2.45, 2.75) is 12.8 Å². The normalized spacial score (nSPS) is 15.0. The van der Waals surface area contributed by atoms with Gasteiger partial charge in [0.25, 0.3) is 0 Å². The second-order valence-electron chi connectivity index (χ2n) is 6.81. The molecule has 1 aliphatic heterocycles. The molecule has 0 unspecified atom stereocenters. The third kappa shape index (κ3) is 5.57. The predicted octanol–water partition coefficient (Wildman–Crippen LogP) is 2.68. The predicted molar refractivity (Wildman–Crippen MR) is 117 cm³/mol. The van der Waals surface area contributed by atoms with Crippen LogP contribution in [0.3, 0.4) is 0 Å². The first-order valence-corrected chi connectivity index (χ1v) is 10.9. The van der Waals surface area contributed by atoms with Crippen molar-refractivity contribution in [3.63, 3.8) is 0 Å². The Morgan fingerprint density at radius 3 is 2.66 bits per heavy atom. The molecule has 0 aromatic carbocycles. The summed E-state index contributed by atoms with van der Waals surface area (Å²) in [5.74, 6) is 2.76. The zero-order chi connectivity index (χ0) is 19.7. The van der Waals surface area contributed by atoms with E-state index < -0.39 is 0 Å². The van der Waals surface area contributed by atoms with Crippen molar-refractivity contribution in [3.8, 4) is 0 Å². The second-order valence-corrected chi connectivity index (χ2v) is 7.85. The number of aromatic nitrogens is 2. The molecule has 1 fully saturated rings. The Balaban J connectivity index is 1.34.